The van der Waals surface area contributed by atoms with Gasteiger partial charge in [0.1, 0.15) is 5.75 Å². The number of nitrogens with zero attached hydrogens (tertiary/aromatic N) is 3. The number of aromatic nitrogens is 2. The summed E-state index contributed by atoms with van der Waals surface area (Å²) in [6, 6.07) is 19.7. The largest absolute Gasteiger partial charge is 0.493 e. The molecule has 4 aromatic rings. The molecule has 2 N–H and O–H groups in total. The minimum absolute atomic E-state index is 0.119. The van der Waals surface area contributed by atoms with Crippen molar-refractivity contribution >= 4 is 25.9 Å². The van der Waals surface area contributed by atoms with Crippen molar-refractivity contribution in [3.8, 4) is 16.9 Å². The van der Waals surface area contributed by atoms with Gasteiger partial charge in [-0.1, -0.05) is 36.4 Å². The summed E-state index contributed by atoms with van der Waals surface area (Å²) in [5.74, 6) is 0.811. The summed E-state index contributed by atoms with van der Waals surface area (Å²) in [4.78, 5) is 37.7. The number of aryl methyl sites for hydroxylation is 1. The summed E-state index contributed by atoms with van der Waals surface area (Å²) < 4.78 is 13.0. The van der Waals surface area contributed by atoms with Crippen molar-refractivity contribution in [3.05, 3.63) is 101 Å². The molecule has 9 nitrogen and oxygen atoms in total. The van der Waals surface area contributed by atoms with Crippen LogP contribution in [0.2, 0.25) is 0 Å². The Balaban J connectivity index is 1.20. The van der Waals surface area contributed by atoms with Gasteiger partial charge >= 0.3 is 0 Å². The van der Waals surface area contributed by atoms with E-state index in [1.165, 1.54) is 11.1 Å². The average molecular weight is 643 g/mol. The molecule has 10 heteroatoms. The number of hydrogen-bond donors (Lipinski definition) is 2. The number of anilines is 1. The summed E-state index contributed by atoms with van der Waals surface area (Å²) >= 11 is 0. The van der Waals surface area contributed by atoms with Gasteiger partial charge < -0.3 is 24.4 Å². The summed E-state index contributed by atoms with van der Waals surface area (Å²) in [5.41, 5.74) is 8.07. The number of amides is 2. The van der Waals surface area contributed by atoms with Crippen LogP contribution in [-0.4, -0.2) is 59.0 Å². The molecule has 1 aliphatic heterocycles. The molecule has 3 aromatic carbocycles. The molecule has 0 radical (unpaired) electrons. The van der Waals surface area contributed by atoms with Crippen molar-refractivity contribution in [2.75, 3.05) is 37.4 Å². The van der Waals surface area contributed by atoms with Gasteiger partial charge in [0.25, 0.3) is 5.91 Å². The highest BCUT2D eigenvalue weighted by Gasteiger charge is 2.25. The first-order valence-corrected chi connectivity index (χ1v) is 17.3. The third-order valence-electron chi connectivity index (χ3n) is 8.24. The molecule has 5 rings (SSSR count). The summed E-state index contributed by atoms with van der Waals surface area (Å²) in [7, 11) is -1.51. The number of fused-ring (bicyclic) bond motifs is 1. The monoisotopic (exact) mass is 642 g/mol. The number of carbonyl (C=O) groups excluding carboxylic acids is 2. The fourth-order valence-corrected chi connectivity index (χ4v) is 6.47. The molecule has 0 saturated heterocycles. The number of benzene rings is 3. The van der Waals surface area contributed by atoms with Gasteiger partial charge in [0.15, 0.2) is 8.38 Å². The van der Waals surface area contributed by atoms with Crippen molar-refractivity contribution < 1.29 is 23.7 Å². The topological polar surface area (TPSA) is 106 Å². The van der Waals surface area contributed by atoms with Gasteiger partial charge in [0.05, 0.1) is 26.0 Å². The van der Waals surface area contributed by atoms with E-state index in [2.05, 4.69) is 36.4 Å². The molecule has 0 spiro atoms. The molecule has 1 atom stereocenters. The van der Waals surface area contributed by atoms with E-state index in [1.807, 2.05) is 71.4 Å². The van der Waals surface area contributed by atoms with E-state index in [1.54, 1.807) is 6.07 Å². The number of carbonyl (C=O) groups is 2. The van der Waals surface area contributed by atoms with Crippen molar-refractivity contribution in [3.63, 3.8) is 0 Å². The molecule has 0 fully saturated rings. The smallest absolute Gasteiger partial charge is 0.251 e. The van der Waals surface area contributed by atoms with Crippen LogP contribution in [0.5, 0.6) is 5.75 Å². The second-order valence-electron chi connectivity index (χ2n) is 11.5. The zero-order chi connectivity index (χ0) is 32.5. The molecular weight excluding hydrogens is 599 g/mol. The maximum atomic E-state index is 13.3. The zero-order valence-electron chi connectivity index (χ0n) is 26.9. The highest BCUT2D eigenvalue weighted by Crippen LogP contribution is 2.36. The average Bonchev–Trinajstić information content (AvgIpc) is 3.52. The molecule has 46 heavy (non-hydrogen) atoms. The Morgan fingerprint density at radius 1 is 1.09 bits per heavy atom. The lowest BCUT2D eigenvalue weighted by Gasteiger charge is -2.31. The van der Waals surface area contributed by atoms with E-state index < -0.39 is 8.38 Å². The Labute approximate surface area is 272 Å². The highest BCUT2D eigenvalue weighted by molar-refractivity contribution is 7.46. The van der Waals surface area contributed by atoms with Crippen LogP contribution in [0.25, 0.3) is 11.1 Å². The van der Waals surface area contributed by atoms with Crippen LogP contribution in [0.1, 0.15) is 58.8 Å². The first-order chi connectivity index (χ1) is 22.3. The third kappa shape index (κ3) is 8.40. The maximum Gasteiger partial charge on any atom is 0.251 e. The molecule has 2 heterocycles. The Kier molecular flexibility index (Phi) is 11.6. The van der Waals surface area contributed by atoms with Gasteiger partial charge in [-0.15, -0.1) is 0 Å². The number of nitrogens with one attached hydrogen (secondary N) is 1. The van der Waals surface area contributed by atoms with Crippen molar-refractivity contribution in [1.82, 2.24) is 15.1 Å². The van der Waals surface area contributed by atoms with Crippen molar-refractivity contribution in [2.45, 2.75) is 53.0 Å². The third-order valence-corrected chi connectivity index (χ3v) is 9.41. The highest BCUT2D eigenvalue weighted by atomic mass is 31.2. The Morgan fingerprint density at radius 3 is 2.76 bits per heavy atom. The van der Waals surface area contributed by atoms with E-state index in [0.717, 1.165) is 46.5 Å². The number of hydrogen-bond acceptors (Lipinski definition) is 6. The van der Waals surface area contributed by atoms with Crippen LogP contribution in [0, 0.1) is 13.8 Å². The molecule has 1 aromatic heterocycles. The predicted octanol–water partition coefficient (Wildman–Crippen LogP) is 6.42. The van der Waals surface area contributed by atoms with Crippen LogP contribution in [0.4, 0.5) is 5.69 Å². The standard InChI is InChI=1S/C36H43N4O5P/c1-4-45-46(43)21-18-37-36(42)29-12-6-11-28(22-29)24-39-25-30(23-38-39)31-13-7-15-33-32(31)14-8-19-40(33)35(41)17-9-20-44-34-16-5-10-26(2)27(34)3/h5-7,10-13,15-16,22-23,25,43H,4,8-9,14,17-21,24H2,1-3H3,(H,37,42). The summed E-state index contributed by atoms with van der Waals surface area (Å²) in [6.45, 7) is 8.48. The van der Waals surface area contributed by atoms with E-state index in [-0.39, 0.29) is 11.8 Å². The van der Waals surface area contributed by atoms with Crippen LogP contribution in [-0.2, 0) is 22.3 Å². The maximum absolute atomic E-state index is 13.3. The zero-order valence-corrected chi connectivity index (χ0v) is 27.8. The fourth-order valence-electron chi connectivity index (χ4n) is 5.74. The van der Waals surface area contributed by atoms with Gasteiger partial charge in [-0.05, 0) is 92.1 Å². The first kappa shape index (κ1) is 33.3. The van der Waals surface area contributed by atoms with Gasteiger partial charge in [0, 0.05) is 48.7 Å². The van der Waals surface area contributed by atoms with Crippen LogP contribution >= 0.6 is 8.38 Å². The molecule has 2 amide bonds. The Bertz CT molecular complexity index is 1660. The fraction of sp³-hybridized carbons (Fsp3) is 0.361. The second kappa shape index (κ2) is 16.0. The quantitative estimate of drug-likeness (QED) is 0.121. The molecule has 1 unspecified atom stereocenters. The second-order valence-corrected chi connectivity index (χ2v) is 12.9. The van der Waals surface area contributed by atoms with E-state index in [9.17, 15) is 14.5 Å². The summed E-state index contributed by atoms with van der Waals surface area (Å²) in [6.07, 6.45) is 7.17. The van der Waals surface area contributed by atoms with E-state index in [0.29, 0.717) is 57.4 Å². The first-order valence-electron chi connectivity index (χ1n) is 15.9. The number of rotatable bonds is 14. The van der Waals surface area contributed by atoms with Gasteiger partial charge in [-0.2, -0.15) is 5.10 Å². The van der Waals surface area contributed by atoms with Gasteiger partial charge in [0.2, 0.25) is 5.91 Å². The lowest BCUT2D eigenvalue weighted by Crippen LogP contribution is -2.35. The minimum Gasteiger partial charge on any atom is -0.493 e. The predicted molar refractivity (Wildman–Crippen MR) is 182 cm³/mol. The van der Waals surface area contributed by atoms with E-state index in [4.69, 9.17) is 9.26 Å². The molecule has 0 saturated carbocycles. The molecule has 1 aliphatic rings. The lowest BCUT2D eigenvalue weighted by molar-refractivity contribution is -0.118. The summed E-state index contributed by atoms with van der Waals surface area (Å²) in [5, 5.41) is 7.47. The van der Waals surface area contributed by atoms with Crippen LogP contribution in [0.3, 0.4) is 0 Å². The lowest BCUT2D eigenvalue weighted by atomic mass is 9.93. The Hall–Kier alpha value is -4.04. The molecule has 0 bridgehead atoms. The molecule has 242 valence electrons. The van der Waals surface area contributed by atoms with Crippen LogP contribution < -0.4 is 15.0 Å². The molecule has 0 aliphatic carbocycles. The minimum atomic E-state index is -1.51. The van der Waals surface area contributed by atoms with E-state index >= 15 is 0 Å². The molecular formula is C36H43N4O5P. The van der Waals surface area contributed by atoms with Crippen molar-refractivity contribution in [1.29, 1.82) is 0 Å². The van der Waals surface area contributed by atoms with Gasteiger partial charge in [-0.3, -0.25) is 14.3 Å². The van der Waals surface area contributed by atoms with Crippen LogP contribution in [0.15, 0.2) is 73.1 Å². The SMILES string of the molecule is CCOP(O)CCNC(=O)c1cccc(Cn2cc(-c3cccc4c3CCCN4C(=O)CCCOc3cccc(C)c3C)cn2)c1. The number of ether oxygens (including phenoxy) is 1. The van der Waals surface area contributed by atoms with Gasteiger partial charge in [-0.25, -0.2) is 0 Å². The normalized spacial score (nSPS) is 13.3. The van der Waals surface area contributed by atoms with Crippen molar-refractivity contribution in [2.24, 2.45) is 0 Å². The Morgan fingerprint density at radius 2 is 1.91 bits per heavy atom.